The number of benzene rings is 1. The first kappa shape index (κ1) is 14.0. The van der Waals surface area contributed by atoms with Crippen LogP contribution in [0.15, 0.2) is 6.07 Å². The van der Waals surface area contributed by atoms with E-state index in [-0.39, 0.29) is 6.10 Å². The van der Waals surface area contributed by atoms with Crippen molar-refractivity contribution in [2.24, 2.45) is 5.92 Å². The predicted molar refractivity (Wildman–Crippen MR) is 73.1 cm³/mol. The van der Waals surface area contributed by atoms with E-state index >= 15 is 0 Å². The third-order valence-electron chi connectivity index (χ3n) is 3.61. The van der Waals surface area contributed by atoms with Gasteiger partial charge in [-0.1, -0.05) is 13.8 Å². The van der Waals surface area contributed by atoms with Gasteiger partial charge in [-0.3, -0.25) is 0 Å². The number of aliphatic hydroxyl groups is 1. The quantitative estimate of drug-likeness (QED) is 0.910. The maximum atomic E-state index is 9.95. The molecule has 1 aliphatic rings. The monoisotopic (exact) mass is 266 g/mol. The Balaban J connectivity index is 2.54. The Kier molecular flexibility index (Phi) is 3.90. The summed E-state index contributed by atoms with van der Waals surface area (Å²) in [6.07, 6.45) is 0.311. The third-order valence-corrected chi connectivity index (χ3v) is 3.61. The Morgan fingerprint density at radius 2 is 1.95 bits per heavy atom. The van der Waals surface area contributed by atoms with Gasteiger partial charge in [0.15, 0.2) is 0 Å². The molecule has 0 spiro atoms. The van der Waals surface area contributed by atoms with Gasteiger partial charge in [0.1, 0.15) is 23.4 Å². The topological polar surface area (TPSA) is 47.9 Å². The molecule has 106 valence electrons. The molecule has 4 nitrogen and oxygen atoms in total. The van der Waals surface area contributed by atoms with E-state index in [1.54, 1.807) is 21.1 Å². The van der Waals surface area contributed by atoms with Crippen molar-refractivity contribution < 1.29 is 19.3 Å². The number of methoxy groups -OCH3 is 2. The highest BCUT2D eigenvalue weighted by Gasteiger charge is 2.32. The summed E-state index contributed by atoms with van der Waals surface area (Å²) in [5, 5.41) is 9.95. The largest absolute Gasteiger partial charge is 0.496 e. The lowest BCUT2D eigenvalue weighted by molar-refractivity contribution is 0.178. The van der Waals surface area contributed by atoms with Crippen LogP contribution in [0.25, 0.3) is 0 Å². The summed E-state index contributed by atoms with van der Waals surface area (Å²) in [6.45, 7) is 5.98. The second-order valence-electron chi connectivity index (χ2n) is 5.28. The van der Waals surface area contributed by atoms with Crippen molar-refractivity contribution in [3.05, 3.63) is 17.2 Å². The van der Waals surface area contributed by atoms with E-state index < -0.39 is 6.10 Å². The lowest BCUT2D eigenvalue weighted by Crippen LogP contribution is -2.19. The highest BCUT2D eigenvalue weighted by molar-refractivity contribution is 5.59. The zero-order valence-corrected chi connectivity index (χ0v) is 12.2. The standard InChI is InChI=1S/C15H22O4/c1-8(2)11-6-10-12(19-11)7-13(17-4)14(9(3)16)15(10)18-5/h7-9,11,16H,6H2,1-5H3. The number of fused-ring (bicyclic) bond motifs is 1. The van der Waals surface area contributed by atoms with E-state index in [9.17, 15) is 5.11 Å². The van der Waals surface area contributed by atoms with Gasteiger partial charge in [-0.05, 0) is 12.8 Å². The van der Waals surface area contributed by atoms with Gasteiger partial charge >= 0.3 is 0 Å². The van der Waals surface area contributed by atoms with Gasteiger partial charge in [0.05, 0.1) is 25.9 Å². The molecule has 1 N–H and O–H groups in total. The smallest absolute Gasteiger partial charge is 0.135 e. The van der Waals surface area contributed by atoms with Crippen LogP contribution in [0.4, 0.5) is 0 Å². The van der Waals surface area contributed by atoms with Crippen LogP contribution >= 0.6 is 0 Å². The molecule has 0 bridgehead atoms. The van der Waals surface area contributed by atoms with Crippen LogP contribution in [0, 0.1) is 5.92 Å². The number of hydrogen-bond donors (Lipinski definition) is 1. The molecule has 0 fully saturated rings. The summed E-state index contributed by atoms with van der Waals surface area (Å²) in [5.74, 6) is 2.53. The zero-order chi connectivity index (χ0) is 14.2. The molecule has 0 amide bonds. The Morgan fingerprint density at radius 1 is 1.26 bits per heavy atom. The maximum absolute atomic E-state index is 9.95. The second-order valence-corrected chi connectivity index (χ2v) is 5.28. The Labute approximate surface area is 114 Å². The molecule has 2 unspecified atom stereocenters. The second kappa shape index (κ2) is 5.29. The SMILES string of the molecule is COc1cc2c(c(OC)c1C(C)O)CC(C(C)C)O2. The van der Waals surface area contributed by atoms with Crippen LogP contribution < -0.4 is 14.2 Å². The van der Waals surface area contributed by atoms with Crippen LogP contribution in [-0.2, 0) is 6.42 Å². The maximum Gasteiger partial charge on any atom is 0.135 e. The van der Waals surface area contributed by atoms with Gasteiger partial charge in [-0.25, -0.2) is 0 Å². The summed E-state index contributed by atoms with van der Waals surface area (Å²) < 4.78 is 16.8. The molecule has 2 rings (SSSR count). The molecule has 0 aromatic heterocycles. The highest BCUT2D eigenvalue weighted by atomic mass is 16.5. The van der Waals surface area contributed by atoms with Crippen molar-refractivity contribution in [2.75, 3.05) is 14.2 Å². The van der Waals surface area contributed by atoms with Crippen molar-refractivity contribution in [3.63, 3.8) is 0 Å². The van der Waals surface area contributed by atoms with Crippen LogP contribution in [0.1, 0.15) is 38.0 Å². The molecule has 4 heteroatoms. The van der Waals surface area contributed by atoms with Gasteiger partial charge in [0.2, 0.25) is 0 Å². The minimum atomic E-state index is -0.645. The molecule has 1 aromatic carbocycles. The van der Waals surface area contributed by atoms with Gasteiger partial charge < -0.3 is 19.3 Å². The molecular formula is C15H22O4. The van der Waals surface area contributed by atoms with E-state index in [2.05, 4.69) is 13.8 Å². The molecule has 1 aliphatic heterocycles. The van der Waals surface area contributed by atoms with Crippen molar-refractivity contribution in [1.29, 1.82) is 0 Å². The third kappa shape index (κ3) is 2.37. The van der Waals surface area contributed by atoms with Crippen LogP contribution in [0.5, 0.6) is 17.2 Å². The minimum absolute atomic E-state index is 0.151. The van der Waals surface area contributed by atoms with Gasteiger partial charge in [0.25, 0.3) is 0 Å². The Hall–Kier alpha value is -1.42. The lowest BCUT2D eigenvalue weighted by atomic mass is 9.97. The first-order valence-corrected chi connectivity index (χ1v) is 6.62. The lowest BCUT2D eigenvalue weighted by Gasteiger charge is -2.18. The van der Waals surface area contributed by atoms with Gasteiger partial charge in [0, 0.05) is 18.1 Å². The van der Waals surface area contributed by atoms with Crippen molar-refractivity contribution >= 4 is 0 Å². The fourth-order valence-corrected chi connectivity index (χ4v) is 2.54. The summed E-state index contributed by atoms with van der Waals surface area (Å²) in [4.78, 5) is 0. The number of hydrogen-bond acceptors (Lipinski definition) is 4. The van der Waals surface area contributed by atoms with Crippen LogP contribution in [-0.4, -0.2) is 25.4 Å². The van der Waals surface area contributed by atoms with Crippen molar-refractivity contribution in [1.82, 2.24) is 0 Å². The Bertz CT molecular complexity index is 466. The zero-order valence-electron chi connectivity index (χ0n) is 12.2. The Morgan fingerprint density at radius 3 is 2.42 bits per heavy atom. The van der Waals surface area contributed by atoms with Crippen LogP contribution in [0.2, 0.25) is 0 Å². The van der Waals surface area contributed by atoms with Crippen molar-refractivity contribution in [2.45, 2.75) is 39.4 Å². The molecule has 0 aliphatic carbocycles. The molecule has 1 heterocycles. The van der Waals surface area contributed by atoms with E-state index in [0.29, 0.717) is 23.0 Å². The summed E-state index contributed by atoms with van der Waals surface area (Å²) >= 11 is 0. The summed E-state index contributed by atoms with van der Waals surface area (Å²) in [7, 11) is 3.20. The highest BCUT2D eigenvalue weighted by Crippen LogP contribution is 2.46. The van der Waals surface area contributed by atoms with E-state index in [1.165, 1.54) is 0 Å². The van der Waals surface area contributed by atoms with Crippen molar-refractivity contribution in [3.8, 4) is 17.2 Å². The summed E-state index contributed by atoms with van der Waals surface area (Å²) in [6, 6.07) is 1.85. The normalized spacial score (nSPS) is 19.0. The van der Waals surface area contributed by atoms with E-state index in [0.717, 1.165) is 17.7 Å². The number of rotatable bonds is 4. The molecule has 2 atom stereocenters. The van der Waals surface area contributed by atoms with Crippen LogP contribution in [0.3, 0.4) is 0 Å². The average molecular weight is 266 g/mol. The molecule has 19 heavy (non-hydrogen) atoms. The minimum Gasteiger partial charge on any atom is -0.496 e. The molecule has 1 aromatic rings. The average Bonchev–Trinajstić information content (AvgIpc) is 2.79. The van der Waals surface area contributed by atoms with Gasteiger partial charge in [-0.15, -0.1) is 0 Å². The fraction of sp³-hybridized carbons (Fsp3) is 0.600. The first-order chi connectivity index (χ1) is 8.99. The van der Waals surface area contributed by atoms with Gasteiger partial charge in [-0.2, -0.15) is 0 Å². The predicted octanol–water partition coefficient (Wildman–Crippen LogP) is 2.72. The molecule has 0 saturated heterocycles. The fourth-order valence-electron chi connectivity index (χ4n) is 2.54. The number of aliphatic hydroxyl groups excluding tert-OH is 1. The summed E-state index contributed by atoms with van der Waals surface area (Å²) in [5.41, 5.74) is 1.72. The number of ether oxygens (including phenoxy) is 3. The molecule has 0 saturated carbocycles. The van der Waals surface area contributed by atoms with E-state index in [4.69, 9.17) is 14.2 Å². The molecule has 0 radical (unpaired) electrons. The van der Waals surface area contributed by atoms with E-state index in [1.807, 2.05) is 6.07 Å². The molecular weight excluding hydrogens is 244 g/mol. The first-order valence-electron chi connectivity index (χ1n) is 6.62.